The fourth-order valence-corrected chi connectivity index (χ4v) is 3.14. The Morgan fingerprint density at radius 1 is 1.10 bits per heavy atom. The van der Waals surface area contributed by atoms with E-state index in [1.807, 2.05) is 30.3 Å². The molecule has 2 N–H and O–H groups in total. The average molecular weight is 425 g/mol. The molecule has 1 fully saturated rings. The Morgan fingerprint density at radius 2 is 1.81 bits per heavy atom. The van der Waals surface area contributed by atoms with Crippen LogP contribution in [-0.2, 0) is 14.3 Å². The first-order chi connectivity index (χ1) is 14.8. The van der Waals surface area contributed by atoms with Gasteiger partial charge in [-0.1, -0.05) is 36.4 Å². The fourth-order valence-electron chi connectivity index (χ4n) is 3.14. The van der Waals surface area contributed by atoms with E-state index in [9.17, 15) is 24.5 Å². The quantitative estimate of drug-likeness (QED) is 0.361. The normalized spacial score (nSPS) is 14.7. The predicted octanol–water partition coefficient (Wildman–Crippen LogP) is 2.52. The highest BCUT2D eigenvalue weighted by atomic mass is 16.6. The van der Waals surface area contributed by atoms with Gasteiger partial charge in [-0.3, -0.25) is 19.7 Å². The summed E-state index contributed by atoms with van der Waals surface area (Å²) in [7, 11) is 0. The zero-order valence-electron chi connectivity index (χ0n) is 16.9. The van der Waals surface area contributed by atoms with Gasteiger partial charge in [-0.25, -0.2) is 4.79 Å². The number of hydrogen-bond acceptors (Lipinski definition) is 6. The summed E-state index contributed by atoms with van der Waals surface area (Å²) in [5.74, 6) is -1.49. The number of nitrogens with zero attached hydrogens (tertiary/aromatic N) is 1. The van der Waals surface area contributed by atoms with Crippen LogP contribution in [0.4, 0.5) is 5.69 Å². The van der Waals surface area contributed by atoms with Crippen LogP contribution in [0.3, 0.4) is 0 Å². The topological polar surface area (TPSA) is 128 Å². The Balaban J connectivity index is 1.49. The van der Waals surface area contributed by atoms with Crippen molar-refractivity contribution < 1.29 is 24.0 Å². The first kappa shape index (κ1) is 21.9. The molecule has 2 atom stereocenters. The number of non-ortho nitro benzene ring substituents is 1. The summed E-state index contributed by atoms with van der Waals surface area (Å²) in [5.41, 5.74) is 0.812. The Labute approximate surface area is 178 Å². The monoisotopic (exact) mass is 425 g/mol. The maximum atomic E-state index is 12.3. The van der Waals surface area contributed by atoms with E-state index >= 15 is 0 Å². The number of nitro groups is 1. The predicted molar refractivity (Wildman–Crippen MR) is 111 cm³/mol. The number of carbonyl (C=O) groups excluding carboxylic acids is 3. The number of ether oxygens (including phenoxy) is 1. The summed E-state index contributed by atoms with van der Waals surface area (Å²) in [4.78, 5) is 46.9. The largest absolute Gasteiger partial charge is 0.454 e. The minimum absolute atomic E-state index is 0.0433. The van der Waals surface area contributed by atoms with E-state index in [1.165, 1.54) is 25.1 Å². The van der Waals surface area contributed by atoms with E-state index in [2.05, 4.69) is 10.6 Å². The van der Waals surface area contributed by atoms with E-state index in [0.717, 1.165) is 24.5 Å². The average Bonchev–Trinajstić information content (AvgIpc) is 3.61. The van der Waals surface area contributed by atoms with E-state index < -0.39 is 35.4 Å². The van der Waals surface area contributed by atoms with Crippen LogP contribution in [0, 0.1) is 16.0 Å². The van der Waals surface area contributed by atoms with Crippen molar-refractivity contribution in [2.45, 2.75) is 31.8 Å². The third-order valence-electron chi connectivity index (χ3n) is 4.93. The van der Waals surface area contributed by atoms with Crippen LogP contribution in [0.25, 0.3) is 0 Å². The van der Waals surface area contributed by atoms with Crippen molar-refractivity contribution in [1.82, 2.24) is 10.6 Å². The molecule has 0 radical (unpaired) electrons. The molecular formula is C22H23N3O6. The number of benzene rings is 2. The molecule has 0 saturated heterocycles. The fraction of sp³-hybridized carbons (Fsp3) is 0.318. The first-order valence-electron chi connectivity index (χ1n) is 9.91. The number of rotatable bonds is 9. The van der Waals surface area contributed by atoms with Gasteiger partial charge in [0, 0.05) is 17.7 Å². The number of nitrogens with one attached hydrogen (secondary N) is 2. The molecule has 1 unspecified atom stereocenters. The lowest BCUT2D eigenvalue weighted by atomic mass is 10.0. The molecule has 0 bridgehead atoms. The molecule has 2 aromatic rings. The Morgan fingerprint density at radius 3 is 2.45 bits per heavy atom. The Kier molecular flexibility index (Phi) is 6.96. The van der Waals surface area contributed by atoms with Gasteiger partial charge in [0.2, 0.25) is 0 Å². The first-order valence-corrected chi connectivity index (χ1v) is 9.91. The highest BCUT2D eigenvalue weighted by Crippen LogP contribution is 2.40. The lowest BCUT2D eigenvalue weighted by Crippen LogP contribution is -2.41. The number of carbonyl (C=O) groups is 3. The molecule has 162 valence electrons. The molecule has 0 aliphatic heterocycles. The highest BCUT2D eigenvalue weighted by molar-refractivity contribution is 5.97. The Hall–Kier alpha value is -3.75. The van der Waals surface area contributed by atoms with E-state index in [0.29, 0.717) is 5.92 Å². The number of nitro benzene ring substituents is 1. The van der Waals surface area contributed by atoms with Crippen molar-refractivity contribution in [3.05, 3.63) is 75.8 Å². The van der Waals surface area contributed by atoms with Gasteiger partial charge in [-0.05, 0) is 37.3 Å². The minimum atomic E-state index is -1.03. The molecule has 9 nitrogen and oxygen atoms in total. The van der Waals surface area contributed by atoms with Crippen molar-refractivity contribution in [2.24, 2.45) is 5.92 Å². The molecule has 1 aliphatic rings. The van der Waals surface area contributed by atoms with Crippen LogP contribution in [0.15, 0.2) is 54.6 Å². The second-order valence-corrected chi connectivity index (χ2v) is 7.40. The SMILES string of the molecule is C[C@H](NC(=O)c1cccc([N+](=O)[O-])c1)C(=O)OCC(=O)NC(c1ccccc1)C1CC1. The Bertz CT molecular complexity index is 974. The lowest BCUT2D eigenvalue weighted by molar-refractivity contribution is -0.384. The third-order valence-corrected chi connectivity index (χ3v) is 4.93. The number of amides is 2. The molecule has 2 aromatic carbocycles. The van der Waals surface area contributed by atoms with Crippen LogP contribution in [0.5, 0.6) is 0 Å². The van der Waals surface area contributed by atoms with Crippen LogP contribution in [-0.4, -0.2) is 35.4 Å². The second kappa shape index (κ2) is 9.84. The van der Waals surface area contributed by atoms with E-state index in [-0.39, 0.29) is 17.3 Å². The third kappa shape index (κ3) is 6.11. The van der Waals surface area contributed by atoms with Gasteiger partial charge in [0.05, 0.1) is 11.0 Å². The number of esters is 1. The second-order valence-electron chi connectivity index (χ2n) is 7.40. The summed E-state index contributed by atoms with van der Waals surface area (Å²) in [6.45, 7) is 0.943. The molecular weight excluding hydrogens is 402 g/mol. The van der Waals surface area contributed by atoms with Gasteiger partial charge in [0.15, 0.2) is 6.61 Å². The van der Waals surface area contributed by atoms with Gasteiger partial charge in [0.25, 0.3) is 17.5 Å². The summed E-state index contributed by atoms with van der Waals surface area (Å²) in [6, 6.07) is 13.6. The highest BCUT2D eigenvalue weighted by Gasteiger charge is 2.33. The summed E-state index contributed by atoms with van der Waals surface area (Å²) < 4.78 is 5.03. The van der Waals surface area contributed by atoms with Gasteiger partial charge < -0.3 is 15.4 Å². The van der Waals surface area contributed by atoms with Crippen molar-refractivity contribution in [3.8, 4) is 0 Å². The van der Waals surface area contributed by atoms with Crippen molar-refractivity contribution in [1.29, 1.82) is 0 Å². The summed E-state index contributed by atoms with van der Waals surface area (Å²) in [6.07, 6.45) is 2.06. The van der Waals surface area contributed by atoms with Gasteiger partial charge in [-0.2, -0.15) is 0 Å². The maximum Gasteiger partial charge on any atom is 0.328 e. The zero-order valence-corrected chi connectivity index (χ0v) is 16.9. The molecule has 1 saturated carbocycles. The molecule has 0 aromatic heterocycles. The summed E-state index contributed by atoms with van der Waals surface area (Å²) >= 11 is 0. The van der Waals surface area contributed by atoms with Crippen LogP contribution in [0.2, 0.25) is 0 Å². The molecule has 0 spiro atoms. The molecule has 31 heavy (non-hydrogen) atoms. The van der Waals surface area contributed by atoms with Crippen molar-refractivity contribution in [3.63, 3.8) is 0 Å². The summed E-state index contributed by atoms with van der Waals surface area (Å²) in [5, 5.41) is 16.1. The number of hydrogen-bond donors (Lipinski definition) is 2. The lowest BCUT2D eigenvalue weighted by Gasteiger charge is -2.19. The van der Waals surface area contributed by atoms with Crippen molar-refractivity contribution >= 4 is 23.5 Å². The molecule has 2 amide bonds. The van der Waals surface area contributed by atoms with E-state index in [4.69, 9.17) is 4.74 Å². The van der Waals surface area contributed by atoms with Gasteiger partial charge in [-0.15, -0.1) is 0 Å². The van der Waals surface area contributed by atoms with Crippen LogP contribution >= 0.6 is 0 Å². The standard InChI is InChI=1S/C22H23N3O6/c1-14(23-21(27)17-8-5-9-18(12-17)25(29)30)22(28)31-13-19(26)24-20(16-10-11-16)15-6-3-2-4-7-15/h2-9,12,14,16,20H,10-11,13H2,1H3,(H,23,27)(H,24,26)/t14-,20?/m0/s1. The van der Waals surface area contributed by atoms with E-state index in [1.54, 1.807) is 0 Å². The molecule has 3 rings (SSSR count). The molecule has 9 heteroatoms. The smallest absolute Gasteiger partial charge is 0.328 e. The van der Waals surface area contributed by atoms with Gasteiger partial charge >= 0.3 is 5.97 Å². The zero-order chi connectivity index (χ0) is 22.4. The minimum Gasteiger partial charge on any atom is -0.454 e. The van der Waals surface area contributed by atoms with Crippen molar-refractivity contribution in [2.75, 3.05) is 6.61 Å². The van der Waals surface area contributed by atoms with Gasteiger partial charge in [0.1, 0.15) is 6.04 Å². The maximum absolute atomic E-state index is 12.3. The molecule has 1 aliphatic carbocycles. The van der Waals surface area contributed by atoms with Crippen LogP contribution in [0.1, 0.15) is 41.7 Å². The van der Waals surface area contributed by atoms with Crippen LogP contribution < -0.4 is 10.6 Å². The molecule has 0 heterocycles.